The summed E-state index contributed by atoms with van der Waals surface area (Å²) < 4.78 is 126. The normalized spacial score (nSPS) is 13.7. The van der Waals surface area contributed by atoms with E-state index < -0.39 is 63.2 Å². The quantitative estimate of drug-likeness (QED) is 0.121. The van der Waals surface area contributed by atoms with Gasteiger partial charge in [-0.05, 0) is 31.5 Å². The number of hydrogen-bond donors (Lipinski definition) is 0. The van der Waals surface area contributed by atoms with Crippen LogP contribution in [-0.4, -0.2) is 48.6 Å². The first kappa shape index (κ1) is 35.2. The Morgan fingerprint density at radius 2 is 1.46 bits per heavy atom. The van der Waals surface area contributed by atoms with E-state index in [1.807, 2.05) is 0 Å². The van der Waals surface area contributed by atoms with Crippen LogP contribution in [0.2, 0.25) is 10.0 Å². The largest absolute Gasteiger partial charge is 0.361 e. The molecule has 1 unspecified atom stereocenters. The molecule has 12 nitrogen and oxygen atoms in total. The van der Waals surface area contributed by atoms with Gasteiger partial charge in [-0.2, -0.15) is 16.8 Å². The molecule has 0 amide bonds. The maximum atomic E-state index is 14.1. The van der Waals surface area contributed by atoms with Crippen LogP contribution >= 0.6 is 23.2 Å². The summed E-state index contributed by atoms with van der Waals surface area (Å²) in [5, 5.41) is -1.17. The Balaban J connectivity index is 1.31. The van der Waals surface area contributed by atoms with Gasteiger partial charge >= 0.3 is 0 Å². The highest BCUT2D eigenvalue weighted by atomic mass is 35.5. The molecule has 2 aromatic heterocycles. The minimum absolute atomic E-state index is 0.00556. The molecule has 0 saturated carbocycles. The van der Waals surface area contributed by atoms with E-state index in [4.69, 9.17) is 32.7 Å². The monoisotopic (exact) mass is 724 g/mol. The second-order valence-electron chi connectivity index (χ2n) is 9.30. The van der Waals surface area contributed by atoms with Gasteiger partial charge in [-0.3, -0.25) is 4.57 Å². The Kier molecular flexibility index (Phi) is 11.3. The molecule has 20 heteroatoms. The SMILES string of the molecule is CC(CCOCn1cnccc1=NS(=O)(=O)c1cc(Cl)c(F)cc1F)OCn1ccc(=NS(=O)(=O)c2cc(Cl)c(F)cc2F)nc1. The number of hydrogen-bond acceptors (Lipinski definition) is 8. The molecule has 2 aromatic carbocycles. The zero-order valence-electron chi connectivity index (χ0n) is 23.4. The van der Waals surface area contributed by atoms with Crippen LogP contribution in [0.4, 0.5) is 17.6 Å². The Hall–Kier alpha value is -3.68. The summed E-state index contributed by atoms with van der Waals surface area (Å²) in [7, 11) is -9.19. The second kappa shape index (κ2) is 14.8. The lowest BCUT2D eigenvalue weighted by Gasteiger charge is -2.15. The van der Waals surface area contributed by atoms with E-state index in [2.05, 4.69) is 18.8 Å². The summed E-state index contributed by atoms with van der Waals surface area (Å²) >= 11 is 11.2. The number of halogens is 6. The molecule has 0 fully saturated rings. The minimum atomic E-state index is -4.61. The van der Waals surface area contributed by atoms with Crippen LogP contribution in [0.15, 0.2) is 80.0 Å². The lowest BCUT2D eigenvalue weighted by atomic mass is 10.3. The summed E-state index contributed by atoms with van der Waals surface area (Å²) in [6, 6.07) is 4.44. The smallest absolute Gasteiger partial charge is 0.287 e. The number of ether oxygens (including phenoxy) is 2. The molecule has 2 heterocycles. The van der Waals surface area contributed by atoms with Gasteiger partial charge in [-0.1, -0.05) is 23.2 Å². The Labute approximate surface area is 269 Å². The predicted octanol–water partition coefficient (Wildman–Crippen LogP) is 3.95. The van der Waals surface area contributed by atoms with Gasteiger partial charge in [0.2, 0.25) is 0 Å². The zero-order chi connectivity index (χ0) is 33.6. The van der Waals surface area contributed by atoms with Crippen LogP contribution in [0.5, 0.6) is 0 Å². The number of aromatic nitrogens is 4. The van der Waals surface area contributed by atoms with Crippen molar-refractivity contribution in [3.8, 4) is 0 Å². The highest BCUT2D eigenvalue weighted by Gasteiger charge is 2.22. The van der Waals surface area contributed by atoms with E-state index in [0.29, 0.717) is 30.7 Å². The van der Waals surface area contributed by atoms with Crippen LogP contribution in [0.25, 0.3) is 0 Å². The highest BCUT2D eigenvalue weighted by Crippen LogP contribution is 2.25. The molecule has 4 rings (SSSR count). The average molecular weight is 726 g/mol. The molecule has 246 valence electrons. The third-order valence-electron chi connectivity index (χ3n) is 5.90. The van der Waals surface area contributed by atoms with E-state index in [-0.39, 0.29) is 37.1 Å². The Morgan fingerprint density at radius 3 is 2.04 bits per heavy atom. The maximum Gasteiger partial charge on any atom is 0.287 e. The van der Waals surface area contributed by atoms with Crippen molar-refractivity contribution in [2.24, 2.45) is 8.80 Å². The summed E-state index contributed by atoms with van der Waals surface area (Å²) in [5.41, 5.74) is -0.409. The lowest BCUT2D eigenvalue weighted by molar-refractivity contribution is -0.0139. The molecular formula is C26H22Cl2F4N6O6S2. The van der Waals surface area contributed by atoms with Gasteiger partial charge in [0.15, 0.2) is 11.0 Å². The molecule has 0 aliphatic carbocycles. The molecule has 0 bridgehead atoms. The van der Waals surface area contributed by atoms with Gasteiger partial charge in [0.1, 0.15) is 46.5 Å². The van der Waals surface area contributed by atoms with Crippen molar-refractivity contribution in [1.29, 1.82) is 0 Å². The van der Waals surface area contributed by atoms with Crippen molar-refractivity contribution in [2.75, 3.05) is 6.61 Å². The molecule has 46 heavy (non-hydrogen) atoms. The molecule has 0 N–H and O–H groups in total. The Bertz CT molecular complexity index is 2090. The lowest BCUT2D eigenvalue weighted by Crippen LogP contribution is -2.24. The molecule has 4 aromatic rings. The third kappa shape index (κ3) is 8.98. The van der Waals surface area contributed by atoms with Crippen molar-refractivity contribution in [1.82, 2.24) is 19.1 Å². The van der Waals surface area contributed by atoms with Gasteiger partial charge in [0, 0.05) is 30.6 Å². The van der Waals surface area contributed by atoms with Crippen molar-refractivity contribution in [3.63, 3.8) is 0 Å². The number of benzene rings is 2. The van der Waals surface area contributed by atoms with Crippen LogP contribution in [0, 0.1) is 23.3 Å². The maximum absolute atomic E-state index is 14.1. The number of rotatable bonds is 12. The second-order valence-corrected chi connectivity index (χ2v) is 13.3. The Morgan fingerprint density at radius 1 is 0.848 bits per heavy atom. The van der Waals surface area contributed by atoms with Crippen molar-refractivity contribution in [3.05, 3.63) is 106 Å². The first-order chi connectivity index (χ1) is 21.7. The van der Waals surface area contributed by atoms with Crippen molar-refractivity contribution >= 4 is 43.2 Å². The van der Waals surface area contributed by atoms with E-state index in [1.54, 1.807) is 6.92 Å². The predicted molar refractivity (Wildman–Crippen MR) is 154 cm³/mol. The van der Waals surface area contributed by atoms with E-state index >= 15 is 0 Å². The fourth-order valence-corrected chi connectivity index (χ4v) is 6.09. The minimum Gasteiger partial charge on any atom is -0.361 e. The molecule has 0 aliphatic rings. The standard InChI is InChI=1S/C26H22Cl2F4N6O6S2/c1-16(44-14-37-6-3-25(34-13-37)35-45(39,40)23-8-17(27)19(29)10-21(23)31)4-7-43-15-38-12-33-5-2-26(38)36-46(41,42)24-9-18(28)20(30)11-22(24)32/h2-3,5-6,8-13,16H,4,7,14-15H2,1H3. The van der Waals surface area contributed by atoms with E-state index in [0.717, 1.165) is 0 Å². The fourth-order valence-electron chi connectivity index (χ4n) is 3.53. The van der Waals surface area contributed by atoms with Gasteiger partial charge in [-0.25, -0.2) is 27.5 Å². The van der Waals surface area contributed by atoms with Gasteiger partial charge in [0.05, 0.1) is 35.4 Å². The van der Waals surface area contributed by atoms with Crippen LogP contribution in [0.3, 0.4) is 0 Å². The van der Waals surface area contributed by atoms with Crippen LogP contribution in [0.1, 0.15) is 13.3 Å². The highest BCUT2D eigenvalue weighted by molar-refractivity contribution is 7.90. The molecule has 0 spiro atoms. The fraction of sp³-hybridized carbons (Fsp3) is 0.231. The van der Waals surface area contributed by atoms with Crippen LogP contribution in [-0.2, 0) is 43.0 Å². The third-order valence-corrected chi connectivity index (χ3v) is 9.07. The first-order valence-corrected chi connectivity index (χ1v) is 16.4. The summed E-state index contributed by atoms with van der Waals surface area (Å²) in [4.78, 5) is 5.98. The van der Waals surface area contributed by atoms with Gasteiger partial charge in [-0.15, -0.1) is 8.80 Å². The summed E-state index contributed by atoms with van der Waals surface area (Å²) in [6.45, 7) is 1.73. The van der Waals surface area contributed by atoms with Gasteiger partial charge < -0.3 is 14.0 Å². The summed E-state index contributed by atoms with van der Waals surface area (Å²) in [5.74, 6) is -4.94. The van der Waals surface area contributed by atoms with E-state index in [9.17, 15) is 34.4 Å². The van der Waals surface area contributed by atoms with Crippen molar-refractivity contribution in [2.45, 2.75) is 42.7 Å². The first-order valence-electron chi connectivity index (χ1n) is 12.8. The van der Waals surface area contributed by atoms with Crippen LogP contribution < -0.4 is 11.0 Å². The zero-order valence-corrected chi connectivity index (χ0v) is 26.5. The van der Waals surface area contributed by atoms with Crippen molar-refractivity contribution < 1.29 is 43.9 Å². The average Bonchev–Trinajstić information content (AvgIpc) is 2.99. The molecule has 0 saturated heterocycles. The van der Waals surface area contributed by atoms with Gasteiger partial charge in [0.25, 0.3) is 20.0 Å². The van der Waals surface area contributed by atoms with E-state index in [1.165, 1.54) is 46.3 Å². The molecule has 1 atom stereocenters. The molecular weight excluding hydrogens is 703 g/mol. The molecule has 0 radical (unpaired) electrons. The topological polar surface area (TPSA) is 147 Å². The number of sulfonamides is 2. The summed E-state index contributed by atoms with van der Waals surface area (Å²) in [6.07, 6.45) is 5.20. The number of nitrogens with zero attached hydrogens (tertiary/aromatic N) is 6. The molecule has 0 aliphatic heterocycles.